The predicted octanol–water partition coefficient (Wildman–Crippen LogP) is 4.29. The second kappa shape index (κ2) is 14.4. The van der Waals surface area contributed by atoms with Crippen molar-refractivity contribution in [2.75, 3.05) is 53.6 Å². The van der Waals surface area contributed by atoms with Crippen LogP contribution in [0.3, 0.4) is 0 Å². The Balaban J connectivity index is 1.14. The molecule has 1 aromatic carbocycles. The number of benzene rings is 1. The van der Waals surface area contributed by atoms with Crippen molar-refractivity contribution in [2.45, 2.75) is 38.2 Å². The Labute approximate surface area is 247 Å². The van der Waals surface area contributed by atoms with Crippen LogP contribution in [-0.4, -0.2) is 86.5 Å². The number of aromatic nitrogens is 2. The first-order chi connectivity index (χ1) is 20.4. The van der Waals surface area contributed by atoms with E-state index in [9.17, 15) is 9.59 Å². The summed E-state index contributed by atoms with van der Waals surface area (Å²) in [5, 5.41) is 6.91. The van der Waals surface area contributed by atoms with E-state index in [1.807, 2.05) is 56.6 Å². The highest BCUT2D eigenvalue weighted by molar-refractivity contribution is 6.07. The fourth-order valence-corrected chi connectivity index (χ4v) is 5.46. The molecule has 1 saturated carbocycles. The Hall–Kier alpha value is -3.76. The van der Waals surface area contributed by atoms with Crippen LogP contribution in [0.15, 0.2) is 48.7 Å². The fourth-order valence-electron chi connectivity index (χ4n) is 5.46. The molecule has 10 heteroatoms. The first kappa shape index (κ1) is 29.7. The Morgan fingerprint density at radius 3 is 2.45 bits per heavy atom. The van der Waals surface area contributed by atoms with Gasteiger partial charge in [0.1, 0.15) is 12.7 Å². The maximum Gasteiger partial charge on any atom is 0.407 e. The van der Waals surface area contributed by atoms with E-state index in [4.69, 9.17) is 19.2 Å². The summed E-state index contributed by atoms with van der Waals surface area (Å²) in [6, 6.07) is 13.3. The summed E-state index contributed by atoms with van der Waals surface area (Å²) in [5.74, 6) is 1.29. The highest BCUT2D eigenvalue weighted by Gasteiger charge is 2.24. The molecule has 0 bridgehead atoms. The molecular weight excluding hydrogens is 534 g/mol. The van der Waals surface area contributed by atoms with E-state index in [0.717, 1.165) is 55.1 Å². The van der Waals surface area contributed by atoms with Crippen LogP contribution in [-0.2, 0) is 9.47 Å². The number of likely N-dealkylation sites (N-methyl/N-ethyl adjacent to an activating group) is 1. The van der Waals surface area contributed by atoms with Crippen LogP contribution in [0, 0.1) is 11.8 Å². The number of para-hydroxylation sites is 1. The van der Waals surface area contributed by atoms with Crippen LogP contribution >= 0.6 is 0 Å². The summed E-state index contributed by atoms with van der Waals surface area (Å²) in [6.07, 6.45) is 6.05. The van der Waals surface area contributed by atoms with Crippen molar-refractivity contribution in [2.24, 2.45) is 11.8 Å². The predicted molar refractivity (Wildman–Crippen MR) is 161 cm³/mol. The first-order valence-electron chi connectivity index (χ1n) is 14.9. The lowest BCUT2D eigenvalue weighted by Crippen LogP contribution is -2.36. The van der Waals surface area contributed by atoms with Crippen LogP contribution < -0.4 is 15.4 Å². The van der Waals surface area contributed by atoms with E-state index in [-0.39, 0.29) is 18.1 Å². The standard InChI is InChI=1S/C32H41N5O5/c1-37(2)14-16-41-30-12-11-24(20-33-30)29-17-27(26-5-3-4-6-28(26)36-29)31(38)34-18-22-7-9-23(10-8-22)19-35-32(39)42-25-13-15-40-21-25/h3-6,11-12,17,20,22-23,25H,7-10,13-16,18-19,21H2,1-2H3,(H,34,38)(H,35,39)/t22-,23-,25-/m0/s1. The van der Waals surface area contributed by atoms with Crippen molar-refractivity contribution in [3.8, 4) is 17.1 Å². The number of nitrogens with zero attached hydrogens (tertiary/aromatic N) is 3. The molecule has 3 heterocycles. The molecule has 2 aromatic heterocycles. The Morgan fingerprint density at radius 2 is 1.76 bits per heavy atom. The van der Waals surface area contributed by atoms with Gasteiger partial charge in [-0.2, -0.15) is 0 Å². The fraction of sp³-hybridized carbons (Fsp3) is 0.500. The zero-order valence-corrected chi connectivity index (χ0v) is 24.5. The van der Waals surface area contributed by atoms with E-state index < -0.39 is 0 Å². The molecule has 2 amide bonds. The van der Waals surface area contributed by atoms with Gasteiger partial charge in [0.25, 0.3) is 5.91 Å². The first-order valence-corrected chi connectivity index (χ1v) is 14.9. The number of alkyl carbamates (subject to hydrolysis) is 1. The highest BCUT2D eigenvalue weighted by Crippen LogP contribution is 2.29. The van der Waals surface area contributed by atoms with E-state index in [0.29, 0.717) is 61.9 Å². The van der Waals surface area contributed by atoms with E-state index in [2.05, 4.69) is 20.5 Å². The summed E-state index contributed by atoms with van der Waals surface area (Å²) in [4.78, 5) is 36.8. The Morgan fingerprint density at radius 1 is 1.00 bits per heavy atom. The summed E-state index contributed by atoms with van der Waals surface area (Å²) in [5.41, 5.74) is 2.88. The van der Waals surface area contributed by atoms with Crippen molar-refractivity contribution in [3.63, 3.8) is 0 Å². The lowest BCUT2D eigenvalue weighted by molar-refractivity contribution is 0.0813. The molecule has 1 aliphatic heterocycles. The number of ether oxygens (including phenoxy) is 3. The molecule has 10 nitrogen and oxygen atoms in total. The molecule has 224 valence electrons. The van der Waals surface area contributed by atoms with Gasteiger partial charge in [-0.15, -0.1) is 0 Å². The number of fused-ring (bicyclic) bond motifs is 1. The number of hydrogen-bond donors (Lipinski definition) is 2. The minimum atomic E-state index is -0.358. The lowest BCUT2D eigenvalue weighted by atomic mass is 9.82. The number of rotatable bonds is 11. The molecule has 1 atom stereocenters. The molecule has 0 spiro atoms. The Bertz CT molecular complexity index is 1330. The largest absolute Gasteiger partial charge is 0.476 e. The topological polar surface area (TPSA) is 115 Å². The van der Waals surface area contributed by atoms with Gasteiger partial charge in [-0.05, 0) is 69.8 Å². The monoisotopic (exact) mass is 575 g/mol. The van der Waals surface area contributed by atoms with Gasteiger partial charge in [0, 0.05) is 49.3 Å². The van der Waals surface area contributed by atoms with Crippen LogP contribution in [0.1, 0.15) is 42.5 Å². The van der Waals surface area contributed by atoms with Gasteiger partial charge in [-0.1, -0.05) is 18.2 Å². The maximum absolute atomic E-state index is 13.4. The average molecular weight is 576 g/mol. The lowest BCUT2D eigenvalue weighted by Gasteiger charge is -2.28. The molecule has 0 radical (unpaired) electrons. The molecule has 5 rings (SSSR count). The second-order valence-electron chi connectivity index (χ2n) is 11.5. The van der Waals surface area contributed by atoms with E-state index in [1.165, 1.54) is 0 Å². The third kappa shape index (κ3) is 8.17. The molecule has 42 heavy (non-hydrogen) atoms. The SMILES string of the molecule is CN(C)CCOc1ccc(-c2cc(C(=O)NC[C@H]3CC[C@H](CNC(=O)O[C@H]4CCOC4)CC3)c3ccccc3n2)cn1. The van der Waals surface area contributed by atoms with Crippen LogP contribution in [0.5, 0.6) is 5.88 Å². The number of carbonyl (C=O) groups is 2. The molecule has 3 aromatic rings. The molecule has 1 saturated heterocycles. The quantitative estimate of drug-likeness (QED) is 0.348. The molecule has 2 aliphatic rings. The zero-order valence-electron chi connectivity index (χ0n) is 24.5. The van der Waals surface area contributed by atoms with E-state index >= 15 is 0 Å². The van der Waals surface area contributed by atoms with Crippen LogP contribution in [0.2, 0.25) is 0 Å². The molecule has 0 unspecified atom stereocenters. The third-order valence-corrected chi connectivity index (χ3v) is 8.00. The van der Waals surface area contributed by atoms with Gasteiger partial charge in [-0.3, -0.25) is 4.79 Å². The number of amides is 2. The van der Waals surface area contributed by atoms with Crippen molar-refractivity contribution >= 4 is 22.9 Å². The van der Waals surface area contributed by atoms with Gasteiger partial charge < -0.3 is 29.7 Å². The normalized spacial score (nSPS) is 20.4. The summed E-state index contributed by atoms with van der Waals surface area (Å²) in [7, 11) is 4.00. The highest BCUT2D eigenvalue weighted by atomic mass is 16.6. The van der Waals surface area contributed by atoms with Gasteiger partial charge in [0.2, 0.25) is 5.88 Å². The van der Waals surface area contributed by atoms with E-state index in [1.54, 1.807) is 6.20 Å². The average Bonchev–Trinajstić information content (AvgIpc) is 3.52. The molecule has 2 N–H and O–H groups in total. The van der Waals surface area contributed by atoms with Crippen LogP contribution in [0.25, 0.3) is 22.2 Å². The van der Waals surface area contributed by atoms with Crippen LogP contribution in [0.4, 0.5) is 4.79 Å². The summed E-state index contributed by atoms with van der Waals surface area (Å²) < 4.78 is 16.4. The minimum Gasteiger partial charge on any atom is -0.476 e. The number of carbonyl (C=O) groups excluding carboxylic acids is 2. The molecular formula is C32H41N5O5. The van der Waals surface area contributed by atoms with Gasteiger partial charge in [0.05, 0.1) is 30.0 Å². The van der Waals surface area contributed by atoms with Gasteiger partial charge >= 0.3 is 6.09 Å². The maximum atomic E-state index is 13.4. The summed E-state index contributed by atoms with van der Waals surface area (Å²) in [6.45, 7) is 3.74. The van der Waals surface area contributed by atoms with Crippen molar-refractivity contribution in [1.82, 2.24) is 25.5 Å². The van der Waals surface area contributed by atoms with Crippen molar-refractivity contribution in [3.05, 3.63) is 54.2 Å². The van der Waals surface area contributed by atoms with Crippen molar-refractivity contribution in [1.29, 1.82) is 0 Å². The number of nitrogens with one attached hydrogen (secondary N) is 2. The minimum absolute atomic E-state index is 0.103. The summed E-state index contributed by atoms with van der Waals surface area (Å²) >= 11 is 0. The molecule has 1 aliphatic carbocycles. The van der Waals surface area contributed by atoms with Crippen molar-refractivity contribution < 1.29 is 23.8 Å². The number of hydrogen-bond acceptors (Lipinski definition) is 8. The Kier molecular flexibility index (Phi) is 10.2. The van der Waals surface area contributed by atoms with Gasteiger partial charge in [0.15, 0.2) is 0 Å². The van der Waals surface area contributed by atoms with Gasteiger partial charge in [-0.25, -0.2) is 14.8 Å². The number of pyridine rings is 2. The third-order valence-electron chi connectivity index (χ3n) is 8.00. The smallest absolute Gasteiger partial charge is 0.407 e. The molecule has 2 fully saturated rings. The second-order valence-corrected chi connectivity index (χ2v) is 11.5. The zero-order chi connectivity index (χ0) is 29.3.